The van der Waals surface area contributed by atoms with Gasteiger partial charge in [0.1, 0.15) is 0 Å². The predicted octanol–water partition coefficient (Wildman–Crippen LogP) is 4.35. The second kappa shape index (κ2) is 10.1. The summed E-state index contributed by atoms with van der Waals surface area (Å²) >= 11 is 0. The number of aromatic nitrogens is 1. The Morgan fingerprint density at radius 1 is 1.00 bits per heavy atom. The van der Waals surface area contributed by atoms with Gasteiger partial charge < -0.3 is 24.8 Å². The maximum atomic E-state index is 13.2. The monoisotopic (exact) mass is 445 g/mol. The number of para-hydroxylation sites is 1. The summed E-state index contributed by atoms with van der Waals surface area (Å²) in [6.07, 6.45) is 5.17. The summed E-state index contributed by atoms with van der Waals surface area (Å²) in [4.78, 5) is 29.1. The maximum absolute atomic E-state index is 13.2. The molecule has 2 aromatic heterocycles. The van der Waals surface area contributed by atoms with Gasteiger partial charge in [-0.05, 0) is 36.6 Å². The van der Waals surface area contributed by atoms with Crippen LogP contribution in [0.2, 0.25) is 0 Å². The number of alkyl carbamates (subject to hydrolysis) is 1. The van der Waals surface area contributed by atoms with Crippen molar-refractivity contribution in [2.45, 2.75) is 31.9 Å². The molecule has 0 saturated heterocycles. The Bertz CT molecular complexity index is 1200. The molecule has 4 aromatic rings. The Morgan fingerprint density at radius 3 is 2.58 bits per heavy atom. The van der Waals surface area contributed by atoms with Gasteiger partial charge in [-0.15, -0.1) is 0 Å². The molecule has 2 heterocycles. The highest BCUT2D eigenvalue weighted by molar-refractivity contribution is 5.89. The number of H-pyrrole nitrogens is 1. The number of ether oxygens (including phenoxy) is 1. The zero-order valence-corrected chi connectivity index (χ0v) is 18.5. The van der Waals surface area contributed by atoms with Crippen LogP contribution in [0.15, 0.2) is 83.8 Å². The van der Waals surface area contributed by atoms with Crippen LogP contribution in [0.1, 0.15) is 23.6 Å². The number of hydrogen-bond acceptors (Lipinski definition) is 4. The molecule has 0 bridgehead atoms. The fraction of sp³-hybridized carbons (Fsp3) is 0.231. The zero-order chi connectivity index (χ0) is 23.1. The Labute approximate surface area is 192 Å². The first-order chi connectivity index (χ1) is 16.0. The van der Waals surface area contributed by atoms with E-state index in [4.69, 9.17) is 9.15 Å². The number of carbonyl (C=O) groups is 2. The minimum absolute atomic E-state index is 0.229. The Hall–Kier alpha value is -4.00. The Kier molecular flexibility index (Phi) is 6.78. The first-order valence-corrected chi connectivity index (χ1v) is 10.9. The number of benzene rings is 2. The molecule has 2 aromatic carbocycles. The molecule has 33 heavy (non-hydrogen) atoms. The summed E-state index contributed by atoms with van der Waals surface area (Å²) in [5, 5.41) is 6.61. The second-order valence-corrected chi connectivity index (χ2v) is 8.13. The quantitative estimate of drug-likeness (QED) is 0.357. The number of carbonyl (C=O) groups excluding carboxylic acids is 2. The SMILES string of the molecule is C[C@](Cc1c[nH]c2ccccc12)(OC(=O)NCc1ccoc1)C(=O)NCCc1ccccc1. The molecule has 0 unspecified atom stereocenters. The fourth-order valence-electron chi connectivity index (χ4n) is 3.76. The van der Waals surface area contributed by atoms with Crippen LogP contribution < -0.4 is 10.6 Å². The molecule has 0 aliphatic rings. The molecule has 7 nitrogen and oxygen atoms in total. The molecule has 2 amide bonds. The van der Waals surface area contributed by atoms with Crippen molar-refractivity contribution in [3.63, 3.8) is 0 Å². The van der Waals surface area contributed by atoms with Crippen LogP contribution in [0, 0.1) is 0 Å². The summed E-state index contributed by atoms with van der Waals surface area (Å²) < 4.78 is 10.7. The minimum atomic E-state index is -1.40. The fourth-order valence-corrected chi connectivity index (χ4v) is 3.76. The van der Waals surface area contributed by atoms with E-state index in [2.05, 4.69) is 15.6 Å². The molecule has 1 atom stereocenters. The third-order valence-electron chi connectivity index (χ3n) is 5.56. The van der Waals surface area contributed by atoms with Crippen LogP contribution in [0.25, 0.3) is 10.9 Å². The normalized spacial score (nSPS) is 12.8. The van der Waals surface area contributed by atoms with E-state index in [1.165, 1.54) is 6.26 Å². The van der Waals surface area contributed by atoms with Crippen LogP contribution in [-0.2, 0) is 28.9 Å². The molecule has 7 heteroatoms. The van der Waals surface area contributed by atoms with E-state index in [9.17, 15) is 9.59 Å². The Morgan fingerprint density at radius 2 is 1.79 bits per heavy atom. The van der Waals surface area contributed by atoms with Crippen molar-refractivity contribution in [3.8, 4) is 0 Å². The van der Waals surface area contributed by atoms with E-state index < -0.39 is 11.7 Å². The maximum Gasteiger partial charge on any atom is 0.408 e. The van der Waals surface area contributed by atoms with Crippen molar-refractivity contribution in [1.29, 1.82) is 0 Å². The lowest BCUT2D eigenvalue weighted by molar-refractivity contribution is -0.138. The smallest absolute Gasteiger partial charge is 0.408 e. The van der Waals surface area contributed by atoms with Gasteiger partial charge in [-0.2, -0.15) is 0 Å². The van der Waals surface area contributed by atoms with Crippen LogP contribution in [-0.4, -0.2) is 29.1 Å². The molecular weight excluding hydrogens is 418 g/mol. The van der Waals surface area contributed by atoms with Crippen molar-refractivity contribution in [2.75, 3.05) is 6.54 Å². The van der Waals surface area contributed by atoms with Crippen molar-refractivity contribution in [1.82, 2.24) is 15.6 Å². The van der Waals surface area contributed by atoms with Crippen LogP contribution >= 0.6 is 0 Å². The highest BCUT2D eigenvalue weighted by Gasteiger charge is 2.38. The van der Waals surface area contributed by atoms with Crippen molar-refractivity contribution in [2.24, 2.45) is 0 Å². The van der Waals surface area contributed by atoms with Gasteiger partial charge in [0, 0.05) is 42.2 Å². The number of aromatic amines is 1. The van der Waals surface area contributed by atoms with Gasteiger partial charge in [-0.1, -0.05) is 48.5 Å². The summed E-state index contributed by atoms with van der Waals surface area (Å²) in [6, 6.07) is 19.5. The average molecular weight is 446 g/mol. The average Bonchev–Trinajstić information content (AvgIpc) is 3.49. The number of nitrogens with one attached hydrogen (secondary N) is 3. The number of fused-ring (bicyclic) bond motifs is 1. The second-order valence-electron chi connectivity index (χ2n) is 8.13. The van der Waals surface area contributed by atoms with E-state index in [1.54, 1.807) is 19.3 Å². The van der Waals surface area contributed by atoms with E-state index in [1.807, 2.05) is 60.8 Å². The van der Waals surface area contributed by atoms with Crippen molar-refractivity contribution >= 4 is 22.9 Å². The standard InChI is InChI=1S/C26H27N3O4/c1-26(33-25(31)29-16-20-12-14-32-18-20,15-21-17-28-23-10-6-5-9-22(21)23)24(30)27-13-11-19-7-3-2-4-8-19/h2-10,12,14,17-18,28H,11,13,15-16H2,1H3,(H,27,30)(H,29,31)/t26-/m1/s1. The summed E-state index contributed by atoms with van der Waals surface area (Å²) in [5.74, 6) is -0.345. The van der Waals surface area contributed by atoms with Crippen molar-refractivity contribution < 1.29 is 18.7 Å². The van der Waals surface area contributed by atoms with Gasteiger partial charge in [0.15, 0.2) is 5.60 Å². The zero-order valence-electron chi connectivity index (χ0n) is 18.5. The minimum Gasteiger partial charge on any atom is -0.472 e. The number of amides is 2. The van der Waals surface area contributed by atoms with Gasteiger partial charge in [-0.25, -0.2) is 4.79 Å². The third-order valence-corrected chi connectivity index (χ3v) is 5.56. The molecule has 3 N–H and O–H groups in total. The summed E-state index contributed by atoms with van der Waals surface area (Å²) in [6.45, 7) is 2.32. The van der Waals surface area contributed by atoms with Crippen LogP contribution in [0.3, 0.4) is 0 Å². The van der Waals surface area contributed by atoms with Crippen LogP contribution in [0.5, 0.6) is 0 Å². The van der Waals surface area contributed by atoms with Gasteiger partial charge in [-0.3, -0.25) is 4.79 Å². The number of furan rings is 1. The van der Waals surface area contributed by atoms with E-state index in [0.29, 0.717) is 13.0 Å². The Balaban J connectivity index is 1.47. The van der Waals surface area contributed by atoms with Gasteiger partial charge >= 0.3 is 6.09 Å². The molecule has 0 spiro atoms. The summed E-state index contributed by atoms with van der Waals surface area (Å²) in [7, 11) is 0. The molecule has 170 valence electrons. The molecule has 4 rings (SSSR count). The van der Waals surface area contributed by atoms with Crippen LogP contribution in [0.4, 0.5) is 4.79 Å². The molecule has 0 saturated carbocycles. The molecule has 0 aliphatic carbocycles. The largest absolute Gasteiger partial charge is 0.472 e. The molecule has 0 aliphatic heterocycles. The first-order valence-electron chi connectivity index (χ1n) is 10.9. The number of rotatable bonds is 9. The van der Waals surface area contributed by atoms with Crippen molar-refractivity contribution in [3.05, 3.63) is 96.1 Å². The van der Waals surface area contributed by atoms with E-state index in [0.717, 1.165) is 27.6 Å². The number of hydrogen-bond donors (Lipinski definition) is 3. The summed E-state index contributed by atoms with van der Waals surface area (Å²) in [5.41, 5.74) is 2.38. The lowest BCUT2D eigenvalue weighted by Gasteiger charge is -2.28. The van der Waals surface area contributed by atoms with Gasteiger partial charge in [0.2, 0.25) is 0 Å². The lowest BCUT2D eigenvalue weighted by atomic mass is 9.94. The van der Waals surface area contributed by atoms with Gasteiger partial charge in [0.25, 0.3) is 5.91 Å². The molecule has 0 radical (unpaired) electrons. The topological polar surface area (TPSA) is 96.4 Å². The molecular formula is C26H27N3O4. The lowest BCUT2D eigenvalue weighted by Crippen LogP contribution is -2.51. The first kappa shape index (κ1) is 22.2. The third kappa shape index (κ3) is 5.63. The van der Waals surface area contributed by atoms with E-state index >= 15 is 0 Å². The molecule has 0 fully saturated rings. The van der Waals surface area contributed by atoms with E-state index in [-0.39, 0.29) is 18.9 Å². The predicted molar refractivity (Wildman–Crippen MR) is 126 cm³/mol. The van der Waals surface area contributed by atoms with Gasteiger partial charge in [0.05, 0.1) is 12.5 Å². The highest BCUT2D eigenvalue weighted by Crippen LogP contribution is 2.25. The highest BCUT2D eigenvalue weighted by atomic mass is 16.6.